The molecule has 3 atom stereocenters. The number of para-hydroxylation sites is 1. The first-order valence-corrected chi connectivity index (χ1v) is 9.76. The number of anilines is 1. The molecule has 0 saturated carbocycles. The van der Waals surface area contributed by atoms with Crippen LogP contribution in [0.2, 0.25) is 0 Å². The average molecular weight is 387 g/mol. The number of cyclic esters (lactones) is 1. The molecule has 5 rings (SSSR count). The number of nitrogens with zero attached hydrogens (tertiary/aromatic N) is 1. The lowest BCUT2D eigenvalue weighted by molar-refractivity contribution is -0.153. The van der Waals surface area contributed by atoms with E-state index in [1.165, 1.54) is 17.4 Å². The van der Waals surface area contributed by atoms with Crippen molar-refractivity contribution in [3.8, 4) is 0 Å². The molecule has 1 fully saturated rings. The number of esters is 1. The van der Waals surface area contributed by atoms with Crippen molar-refractivity contribution in [2.75, 3.05) is 4.90 Å². The number of carbonyl (C=O) groups excluding carboxylic acids is 2. The molecule has 2 aromatic rings. The predicted octanol–water partition coefficient (Wildman–Crippen LogP) is 4.07. The van der Waals surface area contributed by atoms with Gasteiger partial charge in [-0.1, -0.05) is 42.5 Å². The SMILES string of the molecule is CC1=C(C)C(O/C=C2/C(=O)N(c3ccccc3)C3c4ccccc4CC23)OC1=O. The monoisotopic (exact) mass is 387 g/mol. The number of rotatable bonds is 3. The number of carbonyl (C=O) groups is 2. The van der Waals surface area contributed by atoms with Crippen molar-refractivity contribution < 1.29 is 19.1 Å². The van der Waals surface area contributed by atoms with Crippen LogP contribution in [0.5, 0.6) is 0 Å². The molecule has 29 heavy (non-hydrogen) atoms. The Morgan fingerprint density at radius 2 is 1.76 bits per heavy atom. The summed E-state index contributed by atoms with van der Waals surface area (Å²) in [6, 6.07) is 17.9. The van der Waals surface area contributed by atoms with E-state index in [1.54, 1.807) is 6.92 Å². The van der Waals surface area contributed by atoms with E-state index >= 15 is 0 Å². The lowest BCUT2D eigenvalue weighted by Gasteiger charge is -2.24. The first-order chi connectivity index (χ1) is 14.1. The van der Waals surface area contributed by atoms with Gasteiger partial charge >= 0.3 is 5.97 Å². The second-order valence-electron chi connectivity index (χ2n) is 7.72. The smallest absolute Gasteiger partial charge is 0.337 e. The van der Waals surface area contributed by atoms with Gasteiger partial charge < -0.3 is 14.4 Å². The van der Waals surface area contributed by atoms with E-state index in [0.717, 1.165) is 17.7 Å². The standard InChI is InChI=1S/C24H21NO4/c1-14-15(2)24(29-23(14)27)28-13-20-19-12-16-8-6-7-11-18(16)21(19)25(22(20)26)17-9-4-3-5-10-17/h3-11,13,19,21,24H,12H2,1-2H3/b20-13+. The van der Waals surface area contributed by atoms with Gasteiger partial charge in [0.05, 0.1) is 17.9 Å². The van der Waals surface area contributed by atoms with Crippen molar-refractivity contribution in [3.05, 3.63) is 88.7 Å². The van der Waals surface area contributed by atoms with Gasteiger partial charge in [-0.05, 0) is 43.5 Å². The average Bonchev–Trinajstić information content (AvgIpc) is 3.32. The third-order valence-corrected chi connectivity index (χ3v) is 6.16. The Labute approximate surface area is 169 Å². The molecule has 0 N–H and O–H groups in total. The summed E-state index contributed by atoms with van der Waals surface area (Å²) in [5.41, 5.74) is 5.21. The molecule has 5 heteroatoms. The number of hydrogen-bond donors (Lipinski definition) is 0. The highest BCUT2D eigenvalue weighted by atomic mass is 16.7. The Morgan fingerprint density at radius 3 is 2.48 bits per heavy atom. The van der Waals surface area contributed by atoms with Crippen LogP contribution in [0, 0.1) is 5.92 Å². The fourth-order valence-corrected chi connectivity index (χ4v) is 4.48. The van der Waals surface area contributed by atoms with Gasteiger partial charge in [0.15, 0.2) is 0 Å². The molecule has 2 aromatic carbocycles. The van der Waals surface area contributed by atoms with Crippen LogP contribution in [0.1, 0.15) is 31.0 Å². The van der Waals surface area contributed by atoms with Crippen LogP contribution in [0.25, 0.3) is 0 Å². The molecule has 5 nitrogen and oxygen atoms in total. The molecule has 1 amide bonds. The Bertz CT molecular complexity index is 1070. The molecule has 3 aliphatic rings. The van der Waals surface area contributed by atoms with Crippen molar-refractivity contribution >= 4 is 17.6 Å². The van der Waals surface area contributed by atoms with Crippen molar-refractivity contribution in [1.29, 1.82) is 0 Å². The zero-order chi connectivity index (χ0) is 20.1. The van der Waals surface area contributed by atoms with Gasteiger partial charge in [0, 0.05) is 22.8 Å². The summed E-state index contributed by atoms with van der Waals surface area (Å²) in [6.45, 7) is 3.53. The minimum Gasteiger partial charge on any atom is -0.458 e. The molecule has 1 saturated heterocycles. The Kier molecular flexibility index (Phi) is 4.05. The second-order valence-corrected chi connectivity index (χ2v) is 7.72. The van der Waals surface area contributed by atoms with E-state index in [4.69, 9.17) is 9.47 Å². The fourth-order valence-electron chi connectivity index (χ4n) is 4.48. The molecule has 0 aromatic heterocycles. The van der Waals surface area contributed by atoms with Gasteiger partial charge in [0.2, 0.25) is 0 Å². The number of benzene rings is 2. The minimum absolute atomic E-state index is 0.00240. The van der Waals surface area contributed by atoms with Gasteiger partial charge in [0.1, 0.15) is 0 Å². The molecule has 1 aliphatic carbocycles. The van der Waals surface area contributed by atoms with Gasteiger partial charge in [0.25, 0.3) is 12.2 Å². The summed E-state index contributed by atoms with van der Waals surface area (Å²) in [5, 5.41) is 0. The Balaban J connectivity index is 1.53. The Morgan fingerprint density at radius 1 is 1.03 bits per heavy atom. The maximum Gasteiger partial charge on any atom is 0.337 e. The molecule has 3 unspecified atom stereocenters. The number of hydrogen-bond acceptors (Lipinski definition) is 4. The van der Waals surface area contributed by atoms with E-state index in [1.807, 2.05) is 54.3 Å². The molecule has 2 heterocycles. The van der Waals surface area contributed by atoms with Crippen LogP contribution < -0.4 is 4.90 Å². The highest BCUT2D eigenvalue weighted by Crippen LogP contribution is 2.51. The fraction of sp³-hybridized carbons (Fsp3) is 0.250. The van der Waals surface area contributed by atoms with Crippen LogP contribution in [-0.4, -0.2) is 18.2 Å². The minimum atomic E-state index is -0.768. The summed E-state index contributed by atoms with van der Waals surface area (Å²) < 4.78 is 11.1. The molecular formula is C24H21NO4. The molecule has 2 aliphatic heterocycles. The van der Waals surface area contributed by atoms with Gasteiger partial charge in [-0.2, -0.15) is 0 Å². The molecule has 146 valence electrons. The van der Waals surface area contributed by atoms with E-state index in [9.17, 15) is 9.59 Å². The third-order valence-electron chi connectivity index (χ3n) is 6.16. The highest BCUT2D eigenvalue weighted by Gasteiger charge is 2.50. The van der Waals surface area contributed by atoms with Crippen LogP contribution >= 0.6 is 0 Å². The zero-order valence-corrected chi connectivity index (χ0v) is 16.3. The normalized spacial score (nSPS) is 26.8. The van der Waals surface area contributed by atoms with Crippen molar-refractivity contribution in [3.63, 3.8) is 0 Å². The van der Waals surface area contributed by atoms with E-state index in [0.29, 0.717) is 11.1 Å². The second kappa shape index (κ2) is 6.62. The van der Waals surface area contributed by atoms with Gasteiger partial charge in [-0.15, -0.1) is 0 Å². The number of fused-ring (bicyclic) bond motifs is 3. The molecule has 0 bridgehead atoms. The molecule has 0 radical (unpaired) electrons. The number of amides is 1. The quantitative estimate of drug-likeness (QED) is 0.453. The summed E-state index contributed by atoms with van der Waals surface area (Å²) in [6.07, 6.45) is 1.52. The topological polar surface area (TPSA) is 55.8 Å². The van der Waals surface area contributed by atoms with Crippen LogP contribution in [-0.2, 0) is 25.5 Å². The van der Waals surface area contributed by atoms with E-state index in [2.05, 4.69) is 12.1 Å². The van der Waals surface area contributed by atoms with Gasteiger partial charge in [-0.3, -0.25) is 4.79 Å². The summed E-state index contributed by atoms with van der Waals surface area (Å²) in [5.74, 6) is -0.438. The highest BCUT2D eigenvalue weighted by molar-refractivity contribution is 6.10. The molecular weight excluding hydrogens is 366 g/mol. The third kappa shape index (κ3) is 2.69. The maximum atomic E-state index is 13.4. The van der Waals surface area contributed by atoms with Crippen molar-refractivity contribution in [2.45, 2.75) is 32.6 Å². The van der Waals surface area contributed by atoms with Crippen molar-refractivity contribution in [2.24, 2.45) is 5.92 Å². The van der Waals surface area contributed by atoms with Crippen LogP contribution in [0.15, 0.2) is 77.6 Å². The summed E-state index contributed by atoms with van der Waals surface area (Å²) in [7, 11) is 0. The zero-order valence-electron chi connectivity index (χ0n) is 16.3. The first kappa shape index (κ1) is 17.7. The number of ether oxygens (including phenoxy) is 2. The maximum absolute atomic E-state index is 13.4. The van der Waals surface area contributed by atoms with E-state index in [-0.39, 0.29) is 23.8 Å². The largest absolute Gasteiger partial charge is 0.458 e. The van der Waals surface area contributed by atoms with Crippen molar-refractivity contribution in [1.82, 2.24) is 0 Å². The summed E-state index contributed by atoms with van der Waals surface area (Å²) in [4.78, 5) is 27.0. The van der Waals surface area contributed by atoms with Crippen LogP contribution in [0.3, 0.4) is 0 Å². The predicted molar refractivity (Wildman–Crippen MR) is 108 cm³/mol. The Hall–Kier alpha value is -3.34. The van der Waals surface area contributed by atoms with Crippen LogP contribution in [0.4, 0.5) is 5.69 Å². The lowest BCUT2D eigenvalue weighted by atomic mass is 9.97. The van der Waals surface area contributed by atoms with E-state index < -0.39 is 6.29 Å². The molecule has 0 spiro atoms. The summed E-state index contributed by atoms with van der Waals surface area (Å²) >= 11 is 0. The first-order valence-electron chi connectivity index (χ1n) is 9.76. The van der Waals surface area contributed by atoms with Gasteiger partial charge in [-0.25, -0.2) is 4.79 Å². The lowest BCUT2D eigenvalue weighted by Crippen LogP contribution is -2.27.